The number of anilines is 2. The summed E-state index contributed by atoms with van der Waals surface area (Å²) in [5.74, 6) is 0.773. The molecule has 0 aliphatic heterocycles. The second-order valence-electron chi connectivity index (χ2n) is 9.10. The summed E-state index contributed by atoms with van der Waals surface area (Å²) in [6.07, 6.45) is 5.35. The fourth-order valence-corrected chi connectivity index (χ4v) is 6.53. The van der Waals surface area contributed by atoms with E-state index in [-0.39, 0.29) is 17.7 Å². The van der Waals surface area contributed by atoms with E-state index in [1.807, 2.05) is 72.8 Å². The van der Waals surface area contributed by atoms with E-state index in [9.17, 15) is 9.59 Å². The number of methoxy groups -OCH3 is 1. The normalized spacial score (nSPS) is 14.7. The number of fused-ring (bicyclic) bond motifs is 1. The van der Waals surface area contributed by atoms with Gasteiger partial charge in [-0.3, -0.25) is 9.59 Å². The zero-order valence-corrected chi connectivity index (χ0v) is 22.2. The van der Waals surface area contributed by atoms with Gasteiger partial charge in [-0.15, -0.1) is 11.8 Å². The maximum atomic E-state index is 13.5. The van der Waals surface area contributed by atoms with Crippen molar-refractivity contribution >= 4 is 55.9 Å². The Labute approximate surface area is 224 Å². The Morgan fingerprint density at radius 2 is 1.78 bits per heavy atom. The summed E-state index contributed by atoms with van der Waals surface area (Å²) in [6.45, 7) is 0. The topological polar surface area (TPSA) is 80.3 Å². The third-order valence-corrected chi connectivity index (χ3v) is 8.68. The first kappa shape index (κ1) is 25.3. The Morgan fingerprint density at radius 3 is 2.57 bits per heavy atom. The van der Waals surface area contributed by atoms with Gasteiger partial charge in [0.15, 0.2) is 5.13 Å². The van der Waals surface area contributed by atoms with Crippen molar-refractivity contribution in [1.82, 2.24) is 4.98 Å². The zero-order valence-electron chi connectivity index (χ0n) is 20.6. The highest BCUT2D eigenvalue weighted by Crippen LogP contribution is 2.38. The van der Waals surface area contributed by atoms with Gasteiger partial charge in [0, 0.05) is 16.5 Å². The van der Waals surface area contributed by atoms with Gasteiger partial charge in [-0.1, -0.05) is 67.0 Å². The molecule has 1 fully saturated rings. The Balaban J connectivity index is 1.34. The summed E-state index contributed by atoms with van der Waals surface area (Å²) in [5, 5.41) is 6.15. The van der Waals surface area contributed by atoms with Gasteiger partial charge >= 0.3 is 0 Å². The van der Waals surface area contributed by atoms with Crippen LogP contribution in [-0.4, -0.2) is 23.9 Å². The van der Waals surface area contributed by atoms with E-state index in [0.717, 1.165) is 57.8 Å². The number of carbonyl (C=O) groups is 2. The second-order valence-corrected chi connectivity index (χ2v) is 11.3. The molecule has 37 heavy (non-hydrogen) atoms. The highest BCUT2D eigenvalue weighted by molar-refractivity contribution is 8.00. The largest absolute Gasteiger partial charge is 0.497 e. The lowest BCUT2D eigenvalue weighted by Crippen LogP contribution is -2.24. The van der Waals surface area contributed by atoms with Gasteiger partial charge in [-0.25, -0.2) is 4.98 Å². The molecule has 0 spiro atoms. The Morgan fingerprint density at radius 1 is 0.973 bits per heavy atom. The van der Waals surface area contributed by atoms with Crippen LogP contribution >= 0.6 is 23.1 Å². The number of rotatable bonds is 8. The van der Waals surface area contributed by atoms with Gasteiger partial charge in [-0.05, 0) is 54.8 Å². The highest BCUT2D eigenvalue weighted by atomic mass is 32.2. The summed E-state index contributed by atoms with van der Waals surface area (Å²) < 4.78 is 6.25. The fourth-order valence-electron chi connectivity index (χ4n) is 4.55. The Kier molecular flexibility index (Phi) is 8.06. The number of aromatic nitrogens is 1. The molecule has 1 aliphatic rings. The van der Waals surface area contributed by atoms with Gasteiger partial charge in [0.1, 0.15) is 11.0 Å². The first-order chi connectivity index (χ1) is 18.1. The fraction of sp³-hybridized carbons (Fsp3) is 0.276. The number of ether oxygens (including phenoxy) is 1. The number of nitrogens with one attached hydrogen (secondary N) is 2. The minimum Gasteiger partial charge on any atom is -0.497 e. The molecule has 1 unspecified atom stereocenters. The Hall–Kier alpha value is -3.36. The van der Waals surface area contributed by atoms with E-state index in [1.54, 1.807) is 7.11 Å². The Bertz CT molecular complexity index is 1380. The molecular formula is C29H29N3O3S2. The molecule has 2 amide bonds. The van der Waals surface area contributed by atoms with Crippen LogP contribution in [0.25, 0.3) is 10.2 Å². The van der Waals surface area contributed by atoms with E-state index >= 15 is 0 Å². The second kappa shape index (κ2) is 11.8. The van der Waals surface area contributed by atoms with E-state index < -0.39 is 5.25 Å². The van der Waals surface area contributed by atoms with Gasteiger partial charge in [0.25, 0.3) is 0 Å². The molecule has 0 bridgehead atoms. The molecule has 1 aliphatic carbocycles. The summed E-state index contributed by atoms with van der Waals surface area (Å²) in [5.41, 5.74) is 2.46. The number of hydrogen-bond donors (Lipinski definition) is 2. The van der Waals surface area contributed by atoms with Crippen LogP contribution in [0.15, 0.2) is 77.7 Å². The van der Waals surface area contributed by atoms with Crippen molar-refractivity contribution in [2.75, 3.05) is 17.7 Å². The number of benzene rings is 3. The third kappa shape index (κ3) is 6.32. The number of thioether (sulfide) groups is 1. The molecule has 1 atom stereocenters. The molecular weight excluding hydrogens is 502 g/mol. The van der Waals surface area contributed by atoms with E-state index in [1.165, 1.54) is 29.5 Å². The number of amides is 2. The highest BCUT2D eigenvalue weighted by Gasteiger charge is 2.24. The van der Waals surface area contributed by atoms with Crippen LogP contribution < -0.4 is 15.4 Å². The molecule has 8 heteroatoms. The van der Waals surface area contributed by atoms with Crippen molar-refractivity contribution in [2.24, 2.45) is 5.92 Å². The van der Waals surface area contributed by atoms with Crippen LogP contribution in [0.3, 0.4) is 0 Å². The molecule has 0 radical (unpaired) electrons. The van der Waals surface area contributed by atoms with Gasteiger partial charge < -0.3 is 15.4 Å². The van der Waals surface area contributed by atoms with Crippen LogP contribution in [0.1, 0.15) is 42.9 Å². The van der Waals surface area contributed by atoms with E-state index in [0.29, 0.717) is 5.13 Å². The van der Waals surface area contributed by atoms with Crippen molar-refractivity contribution in [2.45, 2.75) is 42.2 Å². The van der Waals surface area contributed by atoms with Crippen molar-refractivity contribution in [3.05, 3.63) is 78.4 Å². The molecule has 1 saturated carbocycles. The van der Waals surface area contributed by atoms with E-state index in [2.05, 4.69) is 15.6 Å². The van der Waals surface area contributed by atoms with Gasteiger partial charge in [-0.2, -0.15) is 0 Å². The molecule has 2 N–H and O–H groups in total. The van der Waals surface area contributed by atoms with Crippen molar-refractivity contribution < 1.29 is 14.3 Å². The summed E-state index contributed by atoms with van der Waals surface area (Å²) in [6, 6.07) is 23.1. The maximum absolute atomic E-state index is 13.5. The van der Waals surface area contributed by atoms with Crippen molar-refractivity contribution in [1.29, 1.82) is 0 Å². The number of thiazole rings is 1. The standard InChI is InChI=1S/C29H29N3O3S2/c1-35-22-15-16-24-25(18-22)37-29(31-24)32-28(34)26(19-9-4-2-5-10-19)36-23-14-8-13-21(17-23)30-27(33)20-11-6-3-7-12-20/h2,4-5,8-10,13-18,20,26H,3,6-7,11-12H2,1H3,(H,30,33)(H,31,32,34). The molecule has 1 aromatic heterocycles. The number of carbonyl (C=O) groups excluding carboxylic acids is 2. The summed E-state index contributed by atoms with van der Waals surface area (Å²) in [7, 11) is 1.63. The molecule has 0 saturated heterocycles. The van der Waals surface area contributed by atoms with Crippen molar-refractivity contribution in [3.63, 3.8) is 0 Å². The van der Waals surface area contributed by atoms with Crippen LogP contribution in [0.2, 0.25) is 0 Å². The summed E-state index contributed by atoms with van der Waals surface area (Å²) in [4.78, 5) is 31.8. The molecule has 4 aromatic rings. The van der Waals surface area contributed by atoms with Gasteiger partial charge in [0.05, 0.1) is 17.3 Å². The third-order valence-electron chi connectivity index (χ3n) is 6.50. The van der Waals surface area contributed by atoms with E-state index in [4.69, 9.17) is 4.74 Å². The first-order valence-electron chi connectivity index (χ1n) is 12.5. The molecule has 190 valence electrons. The average molecular weight is 532 g/mol. The molecule has 1 heterocycles. The van der Waals surface area contributed by atoms with Crippen molar-refractivity contribution in [3.8, 4) is 5.75 Å². The predicted molar refractivity (Wildman–Crippen MR) is 151 cm³/mol. The lowest BCUT2D eigenvalue weighted by Gasteiger charge is -2.21. The average Bonchev–Trinajstić information content (AvgIpc) is 3.34. The SMILES string of the molecule is COc1ccc2nc(NC(=O)C(Sc3cccc(NC(=O)C4CCCCC4)c3)c3ccccc3)sc2c1. The lowest BCUT2D eigenvalue weighted by atomic mass is 9.88. The molecule has 3 aromatic carbocycles. The quantitative estimate of drug-likeness (QED) is 0.233. The van der Waals surface area contributed by atoms with Crippen LogP contribution in [0.4, 0.5) is 10.8 Å². The van der Waals surface area contributed by atoms with Crippen LogP contribution in [0.5, 0.6) is 5.75 Å². The molecule has 5 rings (SSSR count). The number of nitrogens with zero attached hydrogens (tertiary/aromatic N) is 1. The minimum atomic E-state index is -0.493. The molecule has 6 nitrogen and oxygen atoms in total. The predicted octanol–water partition coefficient (Wildman–Crippen LogP) is 7.30. The van der Waals surface area contributed by atoms with Crippen LogP contribution in [-0.2, 0) is 9.59 Å². The lowest BCUT2D eigenvalue weighted by molar-refractivity contribution is -0.120. The monoisotopic (exact) mass is 531 g/mol. The first-order valence-corrected chi connectivity index (χ1v) is 14.2. The zero-order chi connectivity index (χ0) is 25.6. The van der Waals surface area contributed by atoms with Gasteiger partial charge in [0.2, 0.25) is 11.8 Å². The minimum absolute atomic E-state index is 0.0849. The smallest absolute Gasteiger partial charge is 0.244 e. The van der Waals surface area contributed by atoms with Crippen LogP contribution in [0, 0.1) is 5.92 Å². The summed E-state index contributed by atoms with van der Waals surface area (Å²) >= 11 is 2.87. The number of hydrogen-bond acceptors (Lipinski definition) is 6. The maximum Gasteiger partial charge on any atom is 0.244 e.